The van der Waals surface area contributed by atoms with Gasteiger partial charge in [-0.05, 0) is 31.5 Å². The molecule has 0 radical (unpaired) electrons. The Hall–Kier alpha value is -2.40. The van der Waals surface area contributed by atoms with Crippen LogP contribution in [0.5, 0.6) is 0 Å². The Balaban J connectivity index is 1.81. The van der Waals surface area contributed by atoms with Gasteiger partial charge in [0.2, 0.25) is 0 Å². The highest BCUT2D eigenvalue weighted by Gasteiger charge is 2.27. The van der Waals surface area contributed by atoms with E-state index in [2.05, 4.69) is 34.3 Å². The largest absolute Gasteiger partial charge is 0.367 e. The molecule has 0 spiro atoms. The monoisotopic (exact) mass is 325 g/mol. The van der Waals surface area contributed by atoms with Crippen LogP contribution < -0.4 is 10.2 Å². The topological polar surface area (TPSA) is 54.5 Å². The summed E-state index contributed by atoms with van der Waals surface area (Å²) in [4.78, 5) is 18.5. The predicted molar refractivity (Wildman–Crippen MR) is 94.2 cm³/mol. The van der Waals surface area contributed by atoms with E-state index in [-0.39, 0.29) is 18.1 Å². The van der Waals surface area contributed by atoms with Crippen LogP contribution >= 0.6 is 0 Å². The van der Waals surface area contributed by atoms with Crippen molar-refractivity contribution >= 4 is 11.6 Å². The van der Waals surface area contributed by atoms with Gasteiger partial charge in [0.1, 0.15) is 11.8 Å². The van der Waals surface area contributed by atoms with E-state index in [9.17, 15) is 4.79 Å². The number of morpholine rings is 1. The van der Waals surface area contributed by atoms with Gasteiger partial charge in [0.05, 0.1) is 6.10 Å². The molecule has 1 saturated heterocycles. The lowest BCUT2D eigenvalue weighted by molar-refractivity contribution is -0.0173. The molecular formula is C19H23N3O2. The van der Waals surface area contributed by atoms with Crippen LogP contribution in [0.4, 0.5) is 5.69 Å². The molecule has 24 heavy (non-hydrogen) atoms. The summed E-state index contributed by atoms with van der Waals surface area (Å²) in [6, 6.07) is 14.0. The standard InChI is InChI=1S/C19H23N3O2/c1-3-20-19(23)17-11-16(9-10-21-17)22-12-14(2)24-18(13-22)15-7-5-4-6-8-15/h4-11,14,18H,3,12-13H2,1-2H3,(H,20,23)/t14-,18-/m1/s1. The number of anilines is 1. The van der Waals surface area contributed by atoms with Crippen molar-refractivity contribution in [1.82, 2.24) is 10.3 Å². The van der Waals surface area contributed by atoms with Gasteiger partial charge in [0.25, 0.3) is 5.91 Å². The van der Waals surface area contributed by atoms with Crippen molar-refractivity contribution in [2.24, 2.45) is 0 Å². The summed E-state index contributed by atoms with van der Waals surface area (Å²) in [6.07, 6.45) is 1.83. The number of carbonyl (C=O) groups is 1. The molecule has 2 aromatic rings. The zero-order valence-electron chi connectivity index (χ0n) is 14.1. The maximum atomic E-state index is 12.0. The van der Waals surface area contributed by atoms with Gasteiger partial charge < -0.3 is 15.0 Å². The molecule has 5 heteroatoms. The van der Waals surface area contributed by atoms with Crippen LogP contribution in [0.2, 0.25) is 0 Å². The second kappa shape index (κ2) is 7.45. The number of carbonyl (C=O) groups excluding carboxylic acids is 1. The maximum absolute atomic E-state index is 12.0. The molecule has 1 fully saturated rings. The van der Waals surface area contributed by atoms with Gasteiger partial charge in [0, 0.05) is 31.5 Å². The molecule has 1 aliphatic heterocycles. The molecular weight excluding hydrogens is 302 g/mol. The third-order valence-corrected chi connectivity index (χ3v) is 4.11. The lowest BCUT2D eigenvalue weighted by Crippen LogP contribution is -2.43. The third kappa shape index (κ3) is 3.74. The number of nitrogens with zero attached hydrogens (tertiary/aromatic N) is 2. The smallest absolute Gasteiger partial charge is 0.269 e. The Morgan fingerprint density at radius 3 is 2.83 bits per heavy atom. The highest BCUT2D eigenvalue weighted by Crippen LogP contribution is 2.28. The van der Waals surface area contributed by atoms with Crippen molar-refractivity contribution in [3.8, 4) is 0 Å². The number of hydrogen-bond donors (Lipinski definition) is 1. The summed E-state index contributed by atoms with van der Waals surface area (Å²) >= 11 is 0. The Morgan fingerprint density at radius 1 is 1.29 bits per heavy atom. The summed E-state index contributed by atoms with van der Waals surface area (Å²) in [5.74, 6) is -0.139. The first-order chi connectivity index (χ1) is 11.7. The minimum absolute atomic E-state index is 0.0241. The van der Waals surface area contributed by atoms with Gasteiger partial charge in [-0.3, -0.25) is 9.78 Å². The molecule has 1 aromatic carbocycles. The summed E-state index contributed by atoms with van der Waals surface area (Å²) in [5.41, 5.74) is 2.62. The van der Waals surface area contributed by atoms with Crippen LogP contribution in [-0.4, -0.2) is 36.6 Å². The average Bonchev–Trinajstić information content (AvgIpc) is 2.62. The molecule has 1 N–H and O–H groups in total. The molecule has 0 aliphatic carbocycles. The van der Waals surface area contributed by atoms with Crippen molar-refractivity contribution in [3.63, 3.8) is 0 Å². The Labute approximate surface area is 142 Å². The molecule has 1 amide bonds. The number of pyridine rings is 1. The van der Waals surface area contributed by atoms with E-state index in [4.69, 9.17) is 4.74 Å². The summed E-state index contributed by atoms with van der Waals surface area (Å²) in [5, 5.41) is 2.79. The molecule has 3 rings (SSSR count). The minimum atomic E-state index is -0.139. The fourth-order valence-corrected chi connectivity index (χ4v) is 3.01. The Kier molecular flexibility index (Phi) is 5.11. The average molecular weight is 325 g/mol. The minimum Gasteiger partial charge on any atom is -0.367 e. The molecule has 1 aliphatic rings. The molecule has 0 unspecified atom stereocenters. The summed E-state index contributed by atoms with van der Waals surface area (Å²) in [6.45, 7) is 6.12. The maximum Gasteiger partial charge on any atom is 0.269 e. The molecule has 2 heterocycles. The second-order valence-electron chi connectivity index (χ2n) is 6.01. The number of aromatic nitrogens is 1. The first-order valence-corrected chi connectivity index (χ1v) is 8.37. The SMILES string of the molecule is CCNC(=O)c1cc(N2C[C@@H](C)O[C@@H](c3ccccc3)C2)ccn1. The van der Waals surface area contributed by atoms with E-state index < -0.39 is 0 Å². The van der Waals surface area contributed by atoms with Crippen LogP contribution in [0.3, 0.4) is 0 Å². The van der Waals surface area contributed by atoms with Crippen LogP contribution in [0.25, 0.3) is 0 Å². The predicted octanol–water partition coefficient (Wildman–Crippen LogP) is 2.80. The van der Waals surface area contributed by atoms with E-state index in [0.29, 0.717) is 12.2 Å². The zero-order valence-corrected chi connectivity index (χ0v) is 14.1. The molecule has 5 nitrogen and oxygen atoms in total. The van der Waals surface area contributed by atoms with Crippen molar-refractivity contribution in [3.05, 3.63) is 59.9 Å². The zero-order chi connectivity index (χ0) is 16.9. The third-order valence-electron chi connectivity index (χ3n) is 4.11. The van der Waals surface area contributed by atoms with E-state index in [1.54, 1.807) is 6.20 Å². The van der Waals surface area contributed by atoms with E-state index in [0.717, 1.165) is 18.8 Å². The Bertz CT molecular complexity index is 690. The highest BCUT2D eigenvalue weighted by atomic mass is 16.5. The van der Waals surface area contributed by atoms with Crippen LogP contribution in [0, 0.1) is 0 Å². The van der Waals surface area contributed by atoms with E-state index >= 15 is 0 Å². The summed E-state index contributed by atoms with van der Waals surface area (Å²) < 4.78 is 6.10. The quantitative estimate of drug-likeness (QED) is 0.939. The van der Waals surface area contributed by atoms with Crippen LogP contribution in [0.15, 0.2) is 48.7 Å². The van der Waals surface area contributed by atoms with Gasteiger partial charge >= 0.3 is 0 Å². The van der Waals surface area contributed by atoms with Crippen molar-refractivity contribution < 1.29 is 9.53 Å². The highest BCUT2D eigenvalue weighted by molar-refractivity contribution is 5.93. The lowest BCUT2D eigenvalue weighted by Gasteiger charge is -2.38. The first kappa shape index (κ1) is 16.5. The normalized spacial score (nSPS) is 20.7. The number of ether oxygens (including phenoxy) is 1. The fraction of sp³-hybridized carbons (Fsp3) is 0.368. The number of hydrogen-bond acceptors (Lipinski definition) is 4. The number of rotatable bonds is 4. The van der Waals surface area contributed by atoms with Gasteiger partial charge in [-0.2, -0.15) is 0 Å². The number of benzene rings is 1. The van der Waals surface area contributed by atoms with Crippen molar-refractivity contribution in [1.29, 1.82) is 0 Å². The van der Waals surface area contributed by atoms with Gasteiger partial charge in [0.15, 0.2) is 0 Å². The molecule has 2 atom stereocenters. The fourth-order valence-electron chi connectivity index (χ4n) is 3.01. The van der Waals surface area contributed by atoms with E-state index in [1.165, 1.54) is 5.56 Å². The Morgan fingerprint density at radius 2 is 2.08 bits per heavy atom. The number of nitrogens with one attached hydrogen (secondary N) is 1. The van der Waals surface area contributed by atoms with Gasteiger partial charge in [-0.1, -0.05) is 30.3 Å². The van der Waals surface area contributed by atoms with Crippen LogP contribution in [0.1, 0.15) is 36.0 Å². The lowest BCUT2D eigenvalue weighted by atomic mass is 10.1. The van der Waals surface area contributed by atoms with Gasteiger partial charge in [-0.15, -0.1) is 0 Å². The molecule has 0 bridgehead atoms. The van der Waals surface area contributed by atoms with Crippen LogP contribution in [-0.2, 0) is 4.74 Å². The number of amides is 1. The van der Waals surface area contributed by atoms with Crippen molar-refractivity contribution in [2.45, 2.75) is 26.1 Å². The van der Waals surface area contributed by atoms with E-state index in [1.807, 2.05) is 37.3 Å². The summed E-state index contributed by atoms with van der Waals surface area (Å²) in [7, 11) is 0. The molecule has 1 aromatic heterocycles. The molecule has 126 valence electrons. The first-order valence-electron chi connectivity index (χ1n) is 8.37. The van der Waals surface area contributed by atoms with Crippen molar-refractivity contribution in [2.75, 3.05) is 24.5 Å². The molecule has 0 saturated carbocycles. The van der Waals surface area contributed by atoms with Gasteiger partial charge in [-0.25, -0.2) is 0 Å². The second-order valence-corrected chi connectivity index (χ2v) is 6.01.